The number of rotatable bonds is 6. The third kappa shape index (κ3) is 4.76. The van der Waals surface area contributed by atoms with Crippen LogP contribution in [0.1, 0.15) is 12.0 Å². The summed E-state index contributed by atoms with van der Waals surface area (Å²) in [6.45, 7) is 0. The Morgan fingerprint density at radius 1 is 0.952 bits per heavy atom. The van der Waals surface area contributed by atoms with Crippen molar-refractivity contribution in [1.29, 1.82) is 0 Å². The normalized spacial score (nSPS) is 11.6. The van der Waals surface area contributed by atoms with Crippen LogP contribution in [0.5, 0.6) is 0 Å². The van der Waals surface area contributed by atoms with E-state index in [0.29, 0.717) is 12.1 Å². The van der Waals surface area contributed by atoms with E-state index in [-0.39, 0.29) is 12.3 Å². The molecule has 21 heavy (non-hydrogen) atoms. The number of nitrogens with one attached hydrogen (secondary N) is 1. The zero-order chi connectivity index (χ0) is 15.1. The number of anilines is 1. The highest BCUT2D eigenvalue weighted by atomic mass is 16.4. The minimum Gasteiger partial charge on any atom is -0.481 e. The van der Waals surface area contributed by atoms with Crippen molar-refractivity contribution in [3.63, 3.8) is 0 Å². The molecular formula is C17H17NO3. The van der Waals surface area contributed by atoms with Crippen LogP contribution in [-0.4, -0.2) is 17.0 Å². The lowest BCUT2D eigenvalue weighted by Gasteiger charge is -2.12. The van der Waals surface area contributed by atoms with Crippen LogP contribution in [0, 0.1) is 5.92 Å². The van der Waals surface area contributed by atoms with Crippen molar-refractivity contribution in [2.75, 3.05) is 5.32 Å². The van der Waals surface area contributed by atoms with Gasteiger partial charge in [0.05, 0.1) is 5.92 Å². The van der Waals surface area contributed by atoms with Crippen LogP contribution in [-0.2, 0) is 16.0 Å². The summed E-state index contributed by atoms with van der Waals surface area (Å²) in [4.78, 5) is 23.3. The predicted octanol–water partition coefficient (Wildman–Crippen LogP) is 2.96. The van der Waals surface area contributed by atoms with E-state index in [1.54, 1.807) is 12.1 Å². The molecule has 4 heteroatoms. The maximum absolute atomic E-state index is 11.9. The maximum atomic E-state index is 11.9. The van der Waals surface area contributed by atoms with Gasteiger partial charge >= 0.3 is 5.97 Å². The summed E-state index contributed by atoms with van der Waals surface area (Å²) in [5.41, 5.74) is 1.59. The summed E-state index contributed by atoms with van der Waals surface area (Å²) < 4.78 is 0. The highest BCUT2D eigenvalue weighted by molar-refractivity contribution is 5.93. The molecule has 1 amide bonds. The number of carboxylic acids is 1. The molecule has 0 aromatic heterocycles. The summed E-state index contributed by atoms with van der Waals surface area (Å²) in [5, 5.41) is 12.0. The van der Waals surface area contributed by atoms with E-state index in [9.17, 15) is 14.7 Å². The Kier molecular flexibility index (Phi) is 5.10. The Labute approximate surface area is 123 Å². The van der Waals surface area contributed by atoms with Crippen LogP contribution in [0.2, 0.25) is 0 Å². The van der Waals surface area contributed by atoms with E-state index >= 15 is 0 Å². The fraction of sp³-hybridized carbons (Fsp3) is 0.176. The fourth-order valence-corrected chi connectivity index (χ4v) is 2.10. The number of amides is 1. The van der Waals surface area contributed by atoms with Gasteiger partial charge in [-0.3, -0.25) is 9.59 Å². The Morgan fingerprint density at radius 3 is 2.10 bits per heavy atom. The Morgan fingerprint density at radius 2 is 1.52 bits per heavy atom. The number of carboxylic acid groups (broad SMARTS) is 1. The molecule has 0 fully saturated rings. The van der Waals surface area contributed by atoms with Crippen molar-refractivity contribution >= 4 is 17.6 Å². The minimum atomic E-state index is -0.956. The SMILES string of the molecule is O=C(C[C@@H](Cc1ccccc1)C(=O)O)Nc1ccccc1. The number of hydrogen-bond acceptors (Lipinski definition) is 2. The van der Waals surface area contributed by atoms with Gasteiger partial charge in [0.2, 0.25) is 5.91 Å². The van der Waals surface area contributed by atoms with Gasteiger partial charge in [-0.25, -0.2) is 0 Å². The quantitative estimate of drug-likeness (QED) is 0.856. The molecule has 2 aromatic rings. The molecule has 108 valence electrons. The van der Waals surface area contributed by atoms with E-state index in [0.717, 1.165) is 5.56 Å². The lowest BCUT2D eigenvalue weighted by atomic mass is 9.96. The van der Waals surface area contributed by atoms with Gasteiger partial charge in [-0.1, -0.05) is 48.5 Å². The van der Waals surface area contributed by atoms with Gasteiger partial charge in [0, 0.05) is 12.1 Å². The predicted molar refractivity (Wildman–Crippen MR) is 81.0 cm³/mol. The summed E-state index contributed by atoms with van der Waals surface area (Å²) in [6.07, 6.45) is 0.303. The molecule has 0 heterocycles. The molecule has 0 radical (unpaired) electrons. The van der Waals surface area contributed by atoms with Crippen molar-refractivity contribution in [1.82, 2.24) is 0 Å². The van der Waals surface area contributed by atoms with Crippen LogP contribution in [0.25, 0.3) is 0 Å². The van der Waals surface area contributed by atoms with E-state index in [2.05, 4.69) is 5.32 Å². The van der Waals surface area contributed by atoms with Crippen LogP contribution in [0.4, 0.5) is 5.69 Å². The molecule has 0 aliphatic heterocycles. The van der Waals surface area contributed by atoms with Crippen molar-refractivity contribution in [2.45, 2.75) is 12.8 Å². The molecule has 2 rings (SSSR count). The zero-order valence-electron chi connectivity index (χ0n) is 11.5. The van der Waals surface area contributed by atoms with Crippen molar-refractivity contribution in [3.05, 3.63) is 66.2 Å². The van der Waals surface area contributed by atoms with E-state index < -0.39 is 11.9 Å². The first-order valence-electron chi connectivity index (χ1n) is 6.77. The number of carbonyl (C=O) groups is 2. The number of para-hydroxylation sites is 1. The summed E-state index contributed by atoms with van der Waals surface area (Å²) in [6, 6.07) is 18.3. The topological polar surface area (TPSA) is 66.4 Å². The van der Waals surface area contributed by atoms with Crippen LogP contribution < -0.4 is 5.32 Å². The molecule has 4 nitrogen and oxygen atoms in total. The number of aliphatic carboxylic acids is 1. The van der Waals surface area contributed by atoms with Gasteiger partial charge in [-0.05, 0) is 24.1 Å². The Bertz CT molecular complexity index is 596. The summed E-state index contributed by atoms with van der Waals surface area (Å²) in [7, 11) is 0. The van der Waals surface area contributed by atoms with Crippen molar-refractivity contribution < 1.29 is 14.7 Å². The molecule has 2 N–H and O–H groups in total. The minimum absolute atomic E-state index is 0.0425. The Hall–Kier alpha value is -2.62. The molecular weight excluding hydrogens is 266 g/mol. The van der Waals surface area contributed by atoms with E-state index in [4.69, 9.17) is 0 Å². The van der Waals surface area contributed by atoms with E-state index in [1.807, 2.05) is 48.5 Å². The fourth-order valence-electron chi connectivity index (χ4n) is 2.10. The molecule has 0 saturated carbocycles. The number of hydrogen-bond donors (Lipinski definition) is 2. The second-order valence-electron chi connectivity index (χ2n) is 4.84. The maximum Gasteiger partial charge on any atom is 0.307 e. The molecule has 0 aliphatic carbocycles. The third-order valence-electron chi connectivity index (χ3n) is 3.16. The first-order valence-corrected chi connectivity index (χ1v) is 6.77. The zero-order valence-corrected chi connectivity index (χ0v) is 11.5. The molecule has 0 saturated heterocycles. The summed E-state index contributed by atoms with van der Waals surface area (Å²) >= 11 is 0. The first-order chi connectivity index (χ1) is 10.1. The second-order valence-corrected chi connectivity index (χ2v) is 4.84. The number of benzene rings is 2. The monoisotopic (exact) mass is 283 g/mol. The van der Waals surface area contributed by atoms with Crippen molar-refractivity contribution in [3.8, 4) is 0 Å². The van der Waals surface area contributed by atoms with Gasteiger partial charge in [0.1, 0.15) is 0 Å². The van der Waals surface area contributed by atoms with Gasteiger partial charge < -0.3 is 10.4 Å². The third-order valence-corrected chi connectivity index (χ3v) is 3.16. The summed E-state index contributed by atoms with van der Waals surface area (Å²) in [5.74, 6) is -1.97. The van der Waals surface area contributed by atoms with E-state index in [1.165, 1.54) is 0 Å². The van der Waals surface area contributed by atoms with Crippen LogP contribution >= 0.6 is 0 Å². The van der Waals surface area contributed by atoms with Gasteiger partial charge in [-0.2, -0.15) is 0 Å². The van der Waals surface area contributed by atoms with Gasteiger partial charge in [0.25, 0.3) is 0 Å². The smallest absolute Gasteiger partial charge is 0.307 e. The molecule has 0 bridgehead atoms. The highest BCUT2D eigenvalue weighted by Crippen LogP contribution is 2.14. The number of carbonyl (C=O) groups excluding carboxylic acids is 1. The van der Waals surface area contributed by atoms with Crippen LogP contribution in [0.3, 0.4) is 0 Å². The largest absolute Gasteiger partial charge is 0.481 e. The van der Waals surface area contributed by atoms with Crippen molar-refractivity contribution in [2.24, 2.45) is 5.92 Å². The second kappa shape index (κ2) is 7.24. The molecule has 0 aliphatic rings. The highest BCUT2D eigenvalue weighted by Gasteiger charge is 2.21. The Balaban J connectivity index is 1.96. The molecule has 2 aromatic carbocycles. The average Bonchev–Trinajstić information content (AvgIpc) is 2.48. The lowest BCUT2D eigenvalue weighted by molar-refractivity contribution is -0.143. The molecule has 0 unspecified atom stereocenters. The van der Waals surface area contributed by atoms with Crippen LogP contribution in [0.15, 0.2) is 60.7 Å². The molecule has 1 atom stereocenters. The first kappa shape index (κ1) is 14.8. The van der Waals surface area contributed by atoms with Gasteiger partial charge in [0.15, 0.2) is 0 Å². The van der Waals surface area contributed by atoms with Gasteiger partial charge in [-0.15, -0.1) is 0 Å². The average molecular weight is 283 g/mol. The lowest BCUT2D eigenvalue weighted by Crippen LogP contribution is -2.24. The standard InChI is InChI=1S/C17H17NO3/c19-16(18-15-9-5-2-6-10-15)12-14(17(20)21)11-13-7-3-1-4-8-13/h1-10,14H,11-12H2,(H,18,19)(H,20,21)/t14-/m1/s1. The molecule has 0 spiro atoms.